The molecule has 0 unspecified atom stereocenters. The van der Waals surface area contributed by atoms with Crippen LogP contribution in [0.3, 0.4) is 0 Å². The zero-order valence-electron chi connectivity index (χ0n) is 8.18. The van der Waals surface area contributed by atoms with E-state index in [1.165, 1.54) is 6.20 Å². The number of phenolic OH excluding ortho intramolecular Hbond substituents is 1. The van der Waals surface area contributed by atoms with Crippen molar-refractivity contribution < 1.29 is 14.0 Å². The summed E-state index contributed by atoms with van der Waals surface area (Å²) in [5.41, 5.74) is 6.73. The molecule has 0 atom stereocenters. The topological polar surface area (TPSA) is 85.4 Å². The number of hydrogen-bond acceptors (Lipinski definition) is 5. The molecule has 3 aromatic rings. The molecule has 0 bridgehead atoms. The first-order valence-electron chi connectivity index (χ1n) is 4.67. The molecule has 80 valence electrons. The lowest BCUT2D eigenvalue weighted by Gasteiger charge is -1.89. The molecule has 0 fully saturated rings. The molecule has 0 aliphatic rings. The van der Waals surface area contributed by atoms with E-state index >= 15 is 0 Å². The molecule has 2 aromatic heterocycles. The minimum Gasteiger partial charge on any atom is -0.508 e. The van der Waals surface area contributed by atoms with Gasteiger partial charge in [0.2, 0.25) is 5.76 Å². The van der Waals surface area contributed by atoms with Crippen molar-refractivity contribution in [2.24, 2.45) is 0 Å². The Morgan fingerprint density at radius 2 is 2.12 bits per heavy atom. The summed E-state index contributed by atoms with van der Waals surface area (Å²) in [5, 5.41) is 13.7. The standard InChI is InChI=1S/C11H8N2O3/c12-8-5-13-16-11(8)10-4-6-3-7(14)1-2-9(6)15-10/h1-5,14H,12H2. The maximum atomic E-state index is 9.32. The van der Waals surface area contributed by atoms with E-state index in [1.807, 2.05) is 0 Å². The quantitative estimate of drug-likeness (QED) is 0.652. The third-order valence-electron chi connectivity index (χ3n) is 2.32. The van der Waals surface area contributed by atoms with Crippen LogP contribution in [-0.2, 0) is 0 Å². The summed E-state index contributed by atoms with van der Waals surface area (Å²) < 4.78 is 10.5. The van der Waals surface area contributed by atoms with Gasteiger partial charge in [0.1, 0.15) is 17.0 Å². The predicted molar refractivity (Wildman–Crippen MR) is 57.8 cm³/mol. The summed E-state index contributed by atoms with van der Waals surface area (Å²) in [7, 11) is 0. The number of aromatic nitrogens is 1. The normalized spacial score (nSPS) is 11.0. The van der Waals surface area contributed by atoms with Crippen LogP contribution < -0.4 is 5.73 Å². The number of aromatic hydroxyl groups is 1. The molecule has 2 heterocycles. The summed E-state index contributed by atoms with van der Waals surface area (Å²) >= 11 is 0. The van der Waals surface area contributed by atoms with Crippen LogP contribution in [0.2, 0.25) is 0 Å². The van der Waals surface area contributed by atoms with Gasteiger partial charge in [-0.25, -0.2) is 0 Å². The fourth-order valence-electron chi connectivity index (χ4n) is 1.58. The Bertz CT molecular complexity index is 654. The van der Waals surface area contributed by atoms with E-state index in [-0.39, 0.29) is 5.75 Å². The molecular formula is C11H8N2O3. The van der Waals surface area contributed by atoms with Gasteiger partial charge in [-0.2, -0.15) is 0 Å². The lowest BCUT2D eigenvalue weighted by molar-refractivity contribution is 0.421. The first-order chi connectivity index (χ1) is 7.74. The lowest BCUT2D eigenvalue weighted by atomic mass is 10.2. The zero-order valence-corrected chi connectivity index (χ0v) is 8.18. The van der Waals surface area contributed by atoms with Gasteiger partial charge in [0.05, 0.1) is 6.20 Å². The maximum absolute atomic E-state index is 9.32. The molecule has 1 aromatic carbocycles. The van der Waals surface area contributed by atoms with E-state index in [4.69, 9.17) is 14.7 Å². The van der Waals surface area contributed by atoms with Crippen molar-refractivity contribution in [2.75, 3.05) is 5.73 Å². The first kappa shape index (κ1) is 8.84. The van der Waals surface area contributed by atoms with Gasteiger partial charge in [-0.05, 0) is 24.3 Å². The Labute approximate surface area is 90.1 Å². The highest BCUT2D eigenvalue weighted by Crippen LogP contribution is 2.32. The zero-order chi connectivity index (χ0) is 11.1. The van der Waals surface area contributed by atoms with E-state index in [1.54, 1.807) is 24.3 Å². The smallest absolute Gasteiger partial charge is 0.224 e. The number of nitrogen functional groups attached to an aromatic ring is 1. The van der Waals surface area contributed by atoms with Crippen LogP contribution in [0, 0.1) is 0 Å². The van der Waals surface area contributed by atoms with Crippen LogP contribution >= 0.6 is 0 Å². The molecular weight excluding hydrogens is 208 g/mol. The van der Waals surface area contributed by atoms with Crippen LogP contribution in [0.1, 0.15) is 0 Å². The van der Waals surface area contributed by atoms with Gasteiger partial charge in [-0.15, -0.1) is 0 Å². The Kier molecular flexibility index (Phi) is 1.67. The third-order valence-corrected chi connectivity index (χ3v) is 2.32. The van der Waals surface area contributed by atoms with Crippen LogP contribution in [0.15, 0.2) is 39.4 Å². The fraction of sp³-hybridized carbons (Fsp3) is 0. The molecule has 0 saturated heterocycles. The van der Waals surface area contributed by atoms with E-state index in [2.05, 4.69) is 5.16 Å². The Morgan fingerprint density at radius 3 is 2.88 bits per heavy atom. The molecule has 0 radical (unpaired) electrons. The number of anilines is 1. The van der Waals surface area contributed by atoms with Gasteiger partial charge in [0, 0.05) is 5.39 Å². The van der Waals surface area contributed by atoms with Gasteiger partial charge < -0.3 is 19.8 Å². The molecule has 0 aliphatic carbocycles. The second-order valence-corrected chi connectivity index (χ2v) is 3.44. The molecule has 5 nitrogen and oxygen atoms in total. The van der Waals surface area contributed by atoms with Crippen LogP contribution in [0.25, 0.3) is 22.5 Å². The maximum Gasteiger partial charge on any atom is 0.224 e. The van der Waals surface area contributed by atoms with Crippen molar-refractivity contribution in [3.05, 3.63) is 30.5 Å². The Morgan fingerprint density at radius 1 is 1.25 bits per heavy atom. The number of nitrogens with two attached hydrogens (primary N) is 1. The van der Waals surface area contributed by atoms with Crippen LogP contribution in [-0.4, -0.2) is 10.3 Å². The van der Waals surface area contributed by atoms with Crippen molar-refractivity contribution >= 4 is 16.7 Å². The van der Waals surface area contributed by atoms with Crippen molar-refractivity contribution in [1.82, 2.24) is 5.16 Å². The highest BCUT2D eigenvalue weighted by Gasteiger charge is 2.13. The van der Waals surface area contributed by atoms with Gasteiger partial charge in [0.25, 0.3) is 0 Å². The number of phenols is 1. The SMILES string of the molecule is Nc1cnoc1-c1cc2cc(O)ccc2o1. The number of furan rings is 1. The lowest BCUT2D eigenvalue weighted by Crippen LogP contribution is -1.82. The van der Waals surface area contributed by atoms with Crippen molar-refractivity contribution in [3.8, 4) is 17.3 Å². The minimum atomic E-state index is 0.186. The molecule has 0 aliphatic heterocycles. The molecule has 0 spiro atoms. The van der Waals surface area contributed by atoms with Crippen molar-refractivity contribution in [1.29, 1.82) is 0 Å². The number of benzene rings is 1. The molecule has 16 heavy (non-hydrogen) atoms. The average Bonchev–Trinajstić information content (AvgIpc) is 2.82. The van der Waals surface area contributed by atoms with Crippen molar-refractivity contribution in [3.63, 3.8) is 0 Å². The van der Waals surface area contributed by atoms with E-state index in [9.17, 15) is 5.11 Å². The summed E-state index contributed by atoms with van der Waals surface area (Å²) in [6.45, 7) is 0. The minimum absolute atomic E-state index is 0.186. The summed E-state index contributed by atoms with van der Waals surface area (Å²) in [6, 6.07) is 6.58. The summed E-state index contributed by atoms with van der Waals surface area (Å²) in [4.78, 5) is 0. The predicted octanol–water partition coefficient (Wildman–Crippen LogP) is 2.38. The molecule has 0 saturated carbocycles. The average molecular weight is 216 g/mol. The fourth-order valence-corrected chi connectivity index (χ4v) is 1.58. The molecule has 0 amide bonds. The second kappa shape index (κ2) is 3.03. The van der Waals surface area contributed by atoms with Crippen molar-refractivity contribution in [2.45, 2.75) is 0 Å². The van der Waals surface area contributed by atoms with E-state index < -0.39 is 0 Å². The Hall–Kier alpha value is -2.43. The highest BCUT2D eigenvalue weighted by molar-refractivity contribution is 5.84. The number of fused-ring (bicyclic) bond motifs is 1. The van der Waals surface area contributed by atoms with Gasteiger partial charge >= 0.3 is 0 Å². The molecule has 3 N–H and O–H groups in total. The van der Waals surface area contributed by atoms with Gasteiger partial charge in [0.15, 0.2) is 5.76 Å². The van der Waals surface area contributed by atoms with Crippen LogP contribution in [0.4, 0.5) is 5.69 Å². The summed E-state index contributed by atoms with van der Waals surface area (Å²) in [5.74, 6) is 1.08. The second-order valence-electron chi connectivity index (χ2n) is 3.44. The van der Waals surface area contributed by atoms with E-state index in [0.29, 0.717) is 22.8 Å². The third kappa shape index (κ3) is 1.22. The Balaban J connectivity index is 2.23. The molecule has 5 heteroatoms. The summed E-state index contributed by atoms with van der Waals surface area (Å²) in [6.07, 6.45) is 1.42. The largest absolute Gasteiger partial charge is 0.508 e. The van der Waals surface area contributed by atoms with E-state index in [0.717, 1.165) is 5.39 Å². The van der Waals surface area contributed by atoms with Crippen LogP contribution in [0.5, 0.6) is 5.75 Å². The molecule has 3 rings (SSSR count). The number of rotatable bonds is 1. The first-order valence-corrected chi connectivity index (χ1v) is 4.67. The van der Waals surface area contributed by atoms with Gasteiger partial charge in [-0.1, -0.05) is 5.16 Å². The number of hydrogen-bond donors (Lipinski definition) is 2. The monoisotopic (exact) mass is 216 g/mol. The highest BCUT2D eigenvalue weighted by atomic mass is 16.5. The van der Waals surface area contributed by atoms with Gasteiger partial charge in [-0.3, -0.25) is 0 Å². The number of nitrogens with zero attached hydrogens (tertiary/aromatic N) is 1.